The molecule has 1 aliphatic carbocycles. The maximum atomic E-state index is 11.2. The highest BCUT2D eigenvalue weighted by atomic mass is 16.5. The predicted molar refractivity (Wildman–Crippen MR) is 58.6 cm³/mol. The number of esters is 1. The van der Waals surface area contributed by atoms with Crippen LogP contribution in [-0.4, -0.2) is 24.0 Å². The Morgan fingerprint density at radius 1 is 1.56 bits per heavy atom. The summed E-state index contributed by atoms with van der Waals surface area (Å²) < 4.78 is 4.63. The lowest BCUT2D eigenvalue weighted by Gasteiger charge is -2.07. The number of methoxy groups -OCH3 is 1. The number of ether oxygens (including phenoxy) is 1. The van der Waals surface area contributed by atoms with Gasteiger partial charge in [0.2, 0.25) is 0 Å². The lowest BCUT2D eigenvalue weighted by atomic mass is 10.0. The summed E-state index contributed by atoms with van der Waals surface area (Å²) in [6.45, 7) is 0. The molecule has 16 heavy (non-hydrogen) atoms. The SMILES string of the molecule is COC(=O)CC1Cc2ccccc2/C1=N\O. The van der Waals surface area contributed by atoms with Crippen molar-refractivity contribution in [3.8, 4) is 0 Å². The Morgan fingerprint density at radius 2 is 2.31 bits per heavy atom. The van der Waals surface area contributed by atoms with Crippen LogP contribution in [0.25, 0.3) is 0 Å². The van der Waals surface area contributed by atoms with Crippen LogP contribution in [0, 0.1) is 5.92 Å². The number of carbonyl (C=O) groups is 1. The minimum Gasteiger partial charge on any atom is -0.469 e. The van der Waals surface area contributed by atoms with Gasteiger partial charge in [0.1, 0.15) is 0 Å². The van der Waals surface area contributed by atoms with Crippen LogP contribution in [0.4, 0.5) is 0 Å². The van der Waals surface area contributed by atoms with Gasteiger partial charge in [-0.3, -0.25) is 4.79 Å². The Hall–Kier alpha value is -1.84. The van der Waals surface area contributed by atoms with Crippen LogP contribution in [0.5, 0.6) is 0 Å². The minimum atomic E-state index is -0.279. The maximum Gasteiger partial charge on any atom is 0.306 e. The molecule has 1 N–H and O–H groups in total. The van der Waals surface area contributed by atoms with Gasteiger partial charge in [0, 0.05) is 11.5 Å². The number of carbonyl (C=O) groups excluding carboxylic acids is 1. The van der Waals surface area contributed by atoms with Crippen molar-refractivity contribution in [2.24, 2.45) is 11.1 Å². The van der Waals surface area contributed by atoms with Gasteiger partial charge >= 0.3 is 5.97 Å². The van der Waals surface area contributed by atoms with E-state index in [2.05, 4.69) is 9.89 Å². The first kappa shape index (κ1) is 10.7. The molecule has 0 fully saturated rings. The fourth-order valence-electron chi connectivity index (χ4n) is 2.12. The monoisotopic (exact) mass is 219 g/mol. The zero-order chi connectivity index (χ0) is 11.5. The summed E-state index contributed by atoms with van der Waals surface area (Å²) in [4.78, 5) is 11.2. The molecule has 4 nitrogen and oxygen atoms in total. The number of rotatable bonds is 2. The van der Waals surface area contributed by atoms with Crippen LogP contribution in [0.2, 0.25) is 0 Å². The normalized spacial score (nSPS) is 20.8. The predicted octanol–water partition coefficient (Wildman–Crippen LogP) is 1.60. The molecular formula is C12H13NO3. The largest absolute Gasteiger partial charge is 0.469 e. The average Bonchev–Trinajstić information content (AvgIpc) is 2.65. The van der Waals surface area contributed by atoms with Gasteiger partial charge in [-0.25, -0.2) is 0 Å². The van der Waals surface area contributed by atoms with Crippen molar-refractivity contribution in [2.45, 2.75) is 12.8 Å². The second-order valence-electron chi connectivity index (χ2n) is 3.82. The van der Waals surface area contributed by atoms with Gasteiger partial charge in [0.25, 0.3) is 0 Å². The van der Waals surface area contributed by atoms with E-state index in [9.17, 15) is 4.79 Å². The molecule has 0 aromatic heterocycles. The standard InChI is InChI=1S/C12H13NO3/c1-16-11(14)7-9-6-8-4-2-3-5-10(8)12(9)13-15/h2-5,9,15H,6-7H2,1H3/b13-12-. The second-order valence-corrected chi connectivity index (χ2v) is 3.82. The first-order valence-corrected chi connectivity index (χ1v) is 5.13. The molecule has 0 heterocycles. The summed E-state index contributed by atoms with van der Waals surface area (Å²) in [5, 5.41) is 12.3. The summed E-state index contributed by atoms with van der Waals surface area (Å²) in [6.07, 6.45) is 0.981. The molecule has 0 spiro atoms. The number of fused-ring (bicyclic) bond motifs is 1. The van der Waals surface area contributed by atoms with Crippen LogP contribution in [0.1, 0.15) is 17.5 Å². The van der Waals surface area contributed by atoms with Crippen LogP contribution in [0.3, 0.4) is 0 Å². The molecule has 0 radical (unpaired) electrons. The van der Waals surface area contributed by atoms with Crippen molar-refractivity contribution in [2.75, 3.05) is 7.11 Å². The van der Waals surface area contributed by atoms with E-state index in [4.69, 9.17) is 5.21 Å². The van der Waals surface area contributed by atoms with E-state index in [1.807, 2.05) is 24.3 Å². The van der Waals surface area contributed by atoms with Crippen LogP contribution >= 0.6 is 0 Å². The molecule has 4 heteroatoms. The van der Waals surface area contributed by atoms with Gasteiger partial charge in [-0.15, -0.1) is 0 Å². The fraction of sp³-hybridized carbons (Fsp3) is 0.333. The third kappa shape index (κ3) is 1.78. The molecule has 0 bridgehead atoms. The molecule has 2 rings (SSSR count). The van der Waals surface area contributed by atoms with E-state index >= 15 is 0 Å². The van der Waals surface area contributed by atoms with E-state index in [-0.39, 0.29) is 18.3 Å². The average molecular weight is 219 g/mol. The number of hydrogen-bond donors (Lipinski definition) is 1. The fourth-order valence-corrected chi connectivity index (χ4v) is 2.12. The quantitative estimate of drug-likeness (QED) is 0.467. The molecule has 0 amide bonds. The summed E-state index contributed by atoms with van der Waals surface area (Å²) in [6, 6.07) is 7.72. The third-order valence-electron chi connectivity index (χ3n) is 2.89. The van der Waals surface area contributed by atoms with Crippen molar-refractivity contribution in [1.29, 1.82) is 0 Å². The minimum absolute atomic E-state index is 0.0742. The first-order chi connectivity index (χ1) is 7.76. The Balaban J connectivity index is 2.25. The lowest BCUT2D eigenvalue weighted by molar-refractivity contribution is -0.141. The highest BCUT2D eigenvalue weighted by Crippen LogP contribution is 2.29. The van der Waals surface area contributed by atoms with E-state index in [1.54, 1.807) is 0 Å². The number of benzene rings is 1. The smallest absolute Gasteiger partial charge is 0.306 e. The Morgan fingerprint density at radius 3 is 3.00 bits per heavy atom. The molecular weight excluding hydrogens is 206 g/mol. The molecule has 1 aromatic carbocycles. The highest BCUT2D eigenvalue weighted by molar-refractivity contribution is 6.07. The van der Waals surface area contributed by atoms with E-state index in [0.29, 0.717) is 5.71 Å². The van der Waals surface area contributed by atoms with E-state index < -0.39 is 0 Å². The Labute approximate surface area is 93.5 Å². The third-order valence-corrected chi connectivity index (χ3v) is 2.89. The van der Waals surface area contributed by atoms with Gasteiger partial charge in [-0.2, -0.15) is 0 Å². The van der Waals surface area contributed by atoms with Crippen molar-refractivity contribution < 1.29 is 14.7 Å². The zero-order valence-corrected chi connectivity index (χ0v) is 9.01. The van der Waals surface area contributed by atoms with Gasteiger partial charge in [0.15, 0.2) is 0 Å². The van der Waals surface area contributed by atoms with Gasteiger partial charge in [-0.05, 0) is 12.0 Å². The van der Waals surface area contributed by atoms with Crippen LogP contribution < -0.4 is 0 Å². The van der Waals surface area contributed by atoms with Crippen molar-refractivity contribution in [1.82, 2.24) is 0 Å². The van der Waals surface area contributed by atoms with E-state index in [1.165, 1.54) is 7.11 Å². The first-order valence-electron chi connectivity index (χ1n) is 5.13. The lowest BCUT2D eigenvalue weighted by Crippen LogP contribution is -2.16. The van der Waals surface area contributed by atoms with Gasteiger partial charge in [-0.1, -0.05) is 29.4 Å². The number of hydrogen-bond acceptors (Lipinski definition) is 4. The van der Waals surface area contributed by atoms with Crippen LogP contribution in [-0.2, 0) is 16.0 Å². The summed E-state index contributed by atoms with van der Waals surface area (Å²) in [5.74, 6) is -0.353. The zero-order valence-electron chi connectivity index (χ0n) is 9.01. The summed E-state index contributed by atoms with van der Waals surface area (Å²) >= 11 is 0. The summed E-state index contributed by atoms with van der Waals surface area (Å²) in [5.41, 5.74) is 2.63. The number of nitrogens with zero attached hydrogens (tertiary/aromatic N) is 1. The maximum absolute atomic E-state index is 11.2. The molecule has 1 aromatic rings. The van der Waals surface area contributed by atoms with Gasteiger partial charge in [0.05, 0.1) is 19.2 Å². The van der Waals surface area contributed by atoms with E-state index in [0.717, 1.165) is 17.5 Å². The molecule has 0 aliphatic heterocycles. The molecule has 1 atom stereocenters. The van der Waals surface area contributed by atoms with Crippen molar-refractivity contribution in [3.05, 3.63) is 35.4 Å². The molecule has 0 saturated carbocycles. The topological polar surface area (TPSA) is 58.9 Å². The highest BCUT2D eigenvalue weighted by Gasteiger charge is 2.30. The molecule has 84 valence electrons. The Bertz CT molecular complexity index is 440. The summed E-state index contributed by atoms with van der Waals surface area (Å²) in [7, 11) is 1.36. The van der Waals surface area contributed by atoms with Crippen molar-refractivity contribution in [3.63, 3.8) is 0 Å². The molecule has 1 aliphatic rings. The van der Waals surface area contributed by atoms with Crippen molar-refractivity contribution >= 4 is 11.7 Å². The Kier molecular flexibility index (Phi) is 2.90. The van der Waals surface area contributed by atoms with Gasteiger partial charge < -0.3 is 9.94 Å². The molecule has 0 saturated heterocycles. The van der Waals surface area contributed by atoms with Crippen LogP contribution in [0.15, 0.2) is 29.4 Å². The molecule has 1 unspecified atom stereocenters. The number of oxime groups is 1. The second kappa shape index (κ2) is 4.35.